The summed E-state index contributed by atoms with van der Waals surface area (Å²) in [6.07, 6.45) is 1.50. The van der Waals surface area contributed by atoms with Crippen molar-refractivity contribution in [2.45, 2.75) is 26.4 Å². The first-order chi connectivity index (χ1) is 10.4. The highest BCUT2D eigenvalue weighted by atomic mass is 16.6. The van der Waals surface area contributed by atoms with Crippen molar-refractivity contribution in [2.24, 2.45) is 5.92 Å². The summed E-state index contributed by atoms with van der Waals surface area (Å²) in [6.45, 7) is 4.13. The Hall–Kier alpha value is -2.41. The van der Waals surface area contributed by atoms with Gasteiger partial charge in [0.1, 0.15) is 0 Å². The van der Waals surface area contributed by atoms with Gasteiger partial charge in [0.2, 0.25) is 0 Å². The third kappa shape index (κ3) is 3.62. The van der Waals surface area contributed by atoms with Crippen LogP contribution in [-0.2, 0) is 0 Å². The lowest BCUT2D eigenvalue weighted by atomic mass is 10.1. The first-order valence-electron chi connectivity index (χ1n) is 7.10. The Morgan fingerprint density at radius 2 is 2.18 bits per heavy atom. The number of H-pyrrole nitrogens is 1. The number of carbonyl (C=O) groups excluding carboxylic acids is 1. The Morgan fingerprint density at radius 1 is 1.45 bits per heavy atom. The van der Waals surface area contributed by atoms with Gasteiger partial charge in [0.05, 0.1) is 16.6 Å². The summed E-state index contributed by atoms with van der Waals surface area (Å²) < 4.78 is 0. The van der Waals surface area contributed by atoms with Crippen LogP contribution in [0.1, 0.15) is 30.6 Å². The molecule has 0 fully saturated rings. The van der Waals surface area contributed by atoms with Crippen molar-refractivity contribution in [2.75, 3.05) is 6.54 Å². The summed E-state index contributed by atoms with van der Waals surface area (Å²) in [5, 5.41) is 23.8. The number of nitro benzene ring substituents is 1. The monoisotopic (exact) mass is 305 g/mol. The second-order valence-electron chi connectivity index (χ2n) is 5.68. The maximum Gasteiger partial charge on any atom is 0.270 e. The molecule has 1 heterocycles. The van der Waals surface area contributed by atoms with E-state index < -0.39 is 11.0 Å². The number of nitro groups is 1. The van der Waals surface area contributed by atoms with E-state index in [1.54, 1.807) is 6.07 Å². The zero-order chi connectivity index (χ0) is 16.3. The summed E-state index contributed by atoms with van der Waals surface area (Å²) in [5.41, 5.74) is 0.912. The maximum absolute atomic E-state index is 12.2. The van der Waals surface area contributed by atoms with Crippen LogP contribution in [0.15, 0.2) is 24.4 Å². The van der Waals surface area contributed by atoms with E-state index in [4.69, 9.17) is 0 Å². The summed E-state index contributed by atoms with van der Waals surface area (Å²) in [6, 6.07) is 4.32. The number of fused-ring (bicyclic) bond motifs is 1. The number of hydrogen-bond acceptors (Lipinski definition) is 4. The smallest absolute Gasteiger partial charge is 0.270 e. The Kier molecular flexibility index (Phi) is 4.77. The molecule has 0 bridgehead atoms. The van der Waals surface area contributed by atoms with Crippen LogP contribution >= 0.6 is 0 Å². The summed E-state index contributed by atoms with van der Waals surface area (Å²) in [7, 11) is 0. The van der Waals surface area contributed by atoms with Gasteiger partial charge < -0.3 is 15.4 Å². The number of aromatic nitrogens is 1. The Bertz CT molecular complexity index is 693. The number of aliphatic hydroxyl groups excluding tert-OH is 1. The molecule has 0 radical (unpaired) electrons. The van der Waals surface area contributed by atoms with E-state index in [1.165, 1.54) is 18.3 Å². The molecule has 1 atom stereocenters. The van der Waals surface area contributed by atoms with Crippen molar-refractivity contribution in [1.29, 1.82) is 0 Å². The minimum Gasteiger partial charge on any atom is -0.391 e. The van der Waals surface area contributed by atoms with E-state index in [0.29, 0.717) is 28.8 Å². The molecule has 2 aromatic rings. The number of non-ortho nitro benzene ring substituents is 1. The Morgan fingerprint density at radius 3 is 2.82 bits per heavy atom. The predicted octanol–water partition coefficient (Wildman–Crippen LogP) is 2.21. The van der Waals surface area contributed by atoms with Gasteiger partial charge in [-0.05, 0) is 18.4 Å². The lowest BCUT2D eigenvalue weighted by Gasteiger charge is -2.13. The average Bonchev–Trinajstić information content (AvgIpc) is 2.86. The number of rotatable bonds is 6. The SMILES string of the molecule is CC(C)CC(O)CNC(=O)c1c[nH]c2ccc([N+](=O)[O-])cc12. The molecule has 22 heavy (non-hydrogen) atoms. The molecule has 3 N–H and O–H groups in total. The van der Waals surface area contributed by atoms with E-state index in [1.807, 2.05) is 13.8 Å². The van der Waals surface area contributed by atoms with Gasteiger partial charge in [-0.25, -0.2) is 0 Å². The molecule has 0 saturated heterocycles. The van der Waals surface area contributed by atoms with Gasteiger partial charge in [-0.2, -0.15) is 0 Å². The largest absolute Gasteiger partial charge is 0.391 e. The molecule has 1 amide bonds. The molecule has 7 heteroatoms. The van der Waals surface area contributed by atoms with Crippen LogP contribution in [0.5, 0.6) is 0 Å². The van der Waals surface area contributed by atoms with Gasteiger partial charge in [0.25, 0.3) is 11.6 Å². The fourth-order valence-corrected chi connectivity index (χ4v) is 2.34. The Balaban J connectivity index is 2.14. The molecule has 1 aromatic heterocycles. The molecule has 7 nitrogen and oxygen atoms in total. The Labute approximate surface area is 127 Å². The van der Waals surface area contributed by atoms with Crippen LogP contribution in [0.4, 0.5) is 5.69 Å². The maximum atomic E-state index is 12.2. The molecular formula is C15H19N3O4. The van der Waals surface area contributed by atoms with E-state index in [2.05, 4.69) is 10.3 Å². The number of amides is 1. The van der Waals surface area contributed by atoms with E-state index in [9.17, 15) is 20.0 Å². The molecule has 1 aromatic carbocycles. The zero-order valence-corrected chi connectivity index (χ0v) is 12.5. The van der Waals surface area contributed by atoms with Crippen molar-refractivity contribution in [1.82, 2.24) is 10.3 Å². The molecule has 0 aliphatic heterocycles. The number of carbonyl (C=O) groups is 1. The molecule has 0 saturated carbocycles. The van der Waals surface area contributed by atoms with Crippen LogP contribution in [0, 0.1) is 16.0 Å². The first kappa shape index (κ1) is 16.0. The van der Waals surface area contributed by atoms with Gasteiger partial charge >= 0.3 is 0 Å². The third-order valence-electron chi connectivity index (χ3n) is 3.36. The summed E-state index contributed by atoms with van der Waals surface area (Å²) in [4.78, 5) is 25.4. The lowest BCUT2D eigenvalue weighted by Crippen LogP contribution is -2.32. The lowest BCUT2D eigenvalue weighted by molar-refractivity contribution is -0.384. The fraction of sp³-hybridized carbons (Fsp3) is 0.400. The number of benzene rings is 1. The van der Waals surface area contributed by atoms with Crippen LogP contribution in [-0.4, -0.2) is 33.6 Å². The standard InChI is InChI=1S/C15H19N3O4/c1-9(2)5-11(19)7-17-15(20)13-8-16-14-4-3-10(18(21)22)6-12(13)14/h3-4,6,8-9,11,16,19H,5,7H2,1-2H3,(H,17,20). The van der Waals surface area contributed by atoms with E-state index in [-0.39, 0.29) is 18.1 Å². The predicted molar refractivity (Wildman–Crippen MR) is 82.7 cm³/mol. The van der Waals surface area contributed by atoms with Crippen molar-refractivity contribution in [3.05, 3.63) is 40.1 Å². The average molecular weight is 305 g/mol. The molecule has 118 valence electrons. The minimum atomic E-state index is -0.608. The van der Waals surface area contributed by atoms with Crippen LogP contribution in [0.2, 0.25) is 0 Å². The van der Waals surface area contributed by atoms with Gasteiger partial charge in [-0.1, -0.05) is 13.8 Å². The number of aromatic amines is 1. The molecule has 2 rings (SSSR count). The van der Waals surface area contributed by atoms with Crippen molar-refractivity contribution >= 4 is 22.5 Å². The second kappa shape index (κ2) is 6.57. The molecule has 0 aliphatic rings. The van der Waals surface area contributed by atoms with E-state index >= 15 is 0 Å². The summed E-state index contributed by atoms with van der Waals surface area (Å²) >= 11 is 0. The summed E-state index contributed by atoms with van der Waals surface area (Å²) in [5.74, 6) is -0.0304. The minimum absolute atomic E-state index is 0.0685. The van der Waals surface area contributed by atoms with E-state index in [0.717, 1.165) is 0 Å². The zero-order valence-electron chi connectivity index (χ0n) is 12.5. The van der Waals surface area contributed by atoms with Crippen LogP contribution in [0.25, 0.3) is 10.9 Å². The fourth-order valence-electron chi connectivity index (χ4n) is 2.34. The highest BCUT2D eigenvalue weighted by Crippen LogP contribution is 2.23. The number of nitrogens with one attached hydrogen (secondary N) is 2. The molecule has 1 unspecified atom stereocenters. The third-order valence-corrected chi connectivity index (χ3v) is 3.36. The van der Waals surface area contributed by atoms with Crippen LogP contribution in [0.3, 0.4) is 0 Å². The van der Waals surface area contributed by atoms with Crippen molar-refractivity contribution in [3.63, 3.8) is 0 Å². The second-order valence-corrected chi connectivity index (χ2v) is 5.68. The number of hydrogen-bond donors (Lipinski definition) is 3. The number of nitrogens with zero attached hydrogens (tertiary/aromatic N) is 1. The van der Waals surface area contributed by atoms with Crippen molar-refractivity contribution in [3.8, 4) is 0 Å². The van der Waals surface area contributed by atoms with Gasteiger partial charge in [0, 0.05) is 35.8 Å². The van der Waals surface area contributed by atoms with Crippen LogP contribution < -0.4 is 5.32 Å². The first-order valence-corrected chi connectivity index (χ1v) is 7.10. The van der Waals surface area contributed by atoms with Gasteiger partial charge in [-0.3, -0.25) is 14.9 Å². The molecular weight excluding hydrogens is 286 g/mol. The highest BCUT2D eigenvalue weighted by Gasteiger charge is 2.16. The quantitative estimate of drug-likeness (QED) is 0.561. The van der Waals surface area contributed by atoms with Gasteiger partial charge in [0.15, 0.2) is 0 Å². The molecule has 0 aliphatic carbocycles. The highest BCUT2D eigenvalue weighted by molar-refractivity contribution is 6.07. The molecule has 0 spiro atoms. The topological polar surface area (TPSA) is 108 Å². The van der Waals surface area contributed by atoms with Gasteiger partial charge in [-0.15, -0.1) is 0 Å². The normalized spacial score (nSPS) is 12.5. The number of aliphatic hydroxyl groups is 1. The van der Waals surface area contributed by atoms with Crippen molar-refractivity contribution < 1.29 is 14.8 Å².